The van der Waals surface area contributed by atoms with Gasteiger partial charge in [-0.1, -0.05) is 90.0 Å². The number of carbonyl (C=O) groups is 1. The Morgan fingerprint density at radius 3 is 2.54 bits per heavy atom. The molecular formula is C32H35BrN2O4. The van der Waals surface area contributed by atoms with Gasteiger partial charge in [0, 0.05) is 41.6 Å². The molecule has 1 heterocycles. The first-order valence-electron chi connectivity index (χ1n) is 13.4. The normalized spacial score (nSPS) is 18.5. The molecule has 0 bridgehead atoms. The predicted octanol–water partition coefficient (Wildman–Crippen LogP) is 6.49. The average Bonchev–Trinajstić information content (AvgIpc) is 3.35. The second-order valence-electron chi connectivity index (χ2n) is 9.44. The lowest BCUT2D eigenvalue weighted by molar-refractivity contribution is -0.128. The Morgan fingerprint density at radius 2 is 1.82 bits per heavy atom. The number of benzene rings is 3. The highest BCUT2D eigenvalue weighted by molar-refractivity contribution is 9.10. The van der Waals surface area contributed by atoms with Crippen LogP contribution in [0.5, 0.6) is 5.75 Å². The summed E-state index contributed by atoms with van der Waals surface area (Å²) in [6, 6.07) is 25.3. The number of halogens is 1. The van der Waals surface area contributed by atoms with Gasteiger partial charge in [-0.15, -0.1) is 0 Å². The summed E-state index contributed by atoms with van der Waals surface area (Å²) in [5.74, 6) is 0.951. The molecule has 0 saturated carbocycles. The van der Waals surface area contributed by atoms with Crippen molar-refractivity contribution in [2.24, 2.45) is 4.99 Å². The van der Waals surface area contributed by atoms with Crippen LogP contribution in [-0.4, -0.2) is 42.2 Å². The van der Waals surface area contributed by atoms with Crippen LogP contribution in [0.1, 0.15) is 55.4 Å². The first kappa shape index (κ1) is 28.6. The minimum atomic E-state index is -1.20. The van der Waals surface area contributed by atoms with E-state index in [0.29, 0.717) is 37.6 Å². The lowest BCUT2D eigenvalue weighted by Crippen LogP contribution is -2.48. The fraction of sp³-hybridized carbons (Fsp3) is 0.312. The number of unbranched alkanes of at least 4 members (excludes halogenated alkanes) is 1. The number of amides is 1. The molecule has 0 fully saturated rings. The summed E-state index contributed by atoms with van der Waals surface area (Å²) >= 11 is 3.68. The lowest BCUT2D eigenvalue weighted by atomic mass is 9.84. The van der Waals surface area contributed by atoms with Gasteiger partial charge in [-0.05, 0) is 42.3 Å². The van der Waals surface area contributed by atoms with Gasteiger partial charge in [0.05, 0.1) is 6.61 Å². The standard InChI is InChI=1S/C32H35BrN2O4/c1-2-3-21-34-31(37)32(20-9-13-24-11-5-4-6-12-24)29(27-14-7-8-15-28(27)33)39-30(35-32)25-16-18-26(19-17-25)38-23-10-22-36/h4-9,11-19,29,36H,2-3,10,20-23H2,1H3,(H,34,37)/b13-9+/t29-,32-/m1/s1. The number of nitrogens with zero attached hydrogens (tertiary/aromatic N) is 1. The van der Waals surface area contributed by atoms with Crippen molar-refractivity contribution in [3.05, 3.63) is 106 Å². The van der Waals surface area contributed by atoms with Crippen molar-refractivity contribution < 1.29 is 19.4 Å². The average molecular weight is 592 g/mol. The Bertz CT molecular complexity index is 1280. The van der Waals surface area contributed by atoms with Crippen LogP contribution in [0, 0.1) is 0 Å². The molecule has 2 atom stereocenters. The topological polar surface area (TPSA) is 80.2 Å². The van der Waals surface area contributed by atoms with Gasteiger partial charge in [-0.2, -0.15) is 0 Å². The SMILES string of the molecule is CCCCNC(=O)[C@]1(C/C=C/c2ccccc2)N=C(c2ccc(OCCCO)cc2)O[C@@H]1c1ccccc1Br. The van der Waals surface area contributed by atoms with Crippen LogP contribution in [0.2, 0.25) is 0 Å². The van der Waals surface area contributed by atoms with Crippen molar-refractivity contribution in [2.75, 3.05) is 19.8 Å². The van der Waals surface area contributed by atoms with E-state index in [2.05, 4.69) is 28.2 Å². The molecule has 0 aromatic heterocycles. The molecule has 1 aliphatic heterocycles. The third-order valence-electron chi connectivity index (χ3n) is 6.57. The number of aliphatic hydroxyl groups is 1. The minimum Gasteiger partial charge on any atom is -0.494 e. The molecule has 2 N–H and O–H groups in total. The zero-order valence-electron chi connectivity index (χ0n) is 22.2. The molecule has 3 aromatic carbocycles. The van der Waals surface area contributed by atoms with Crippen LogP contribution in [0.15, 0.2) is 94.4 Å². The van der Waals surface area contributed by atoms with Crippen LogP contribution in [0.25, 0.3) is 6.08 Å². The van der Waals surface area contributed by atoms with Gasteiger partial charge in [-0.25, -0.2) is 4.99 Å². The summed E-state index contributed by atoms with van der Waals surface area (Å²) in [4.78, 5) is 19.0. The predicted molar refractivity (Wildman–Crippen MR) is 159 cm³/mol. The maximum absolute atomic E-state index is 14.0. The molecule has 0 aliphatic carbocycles. The van der Waals surface area contributed by atoms with Gasteiger partial charge >= 0.3 is 0 Å². The summed E-state index contributed by atoms with van der Waals surface area (Å²) in [6.07, 6.45) is 6.18. The van der Waals surface area contributed by atoms with Crippen LogP contribution in [-0.2, 0) is 9.53 Å². The van der Waals surface area contributed by atoms with E-state index in [1.54, 1.807) is 0 Å². The number of aliphatic imine (C=N–C) groups is 1. The van der Waals surface area contributed by atoms with E-state index in [4.69, 9.17) is 19.6 Å². The molecule has 3 aromatic rings. The zero-order chi connectivity index (χ0) is 27.5. The Kier molecular flexibility index (Phi) is 10.3. The summed E-state index contributed by atoms with van der Waals surface area (Å²) < 4.78 is 13.1. The Labute approximate surface area is 238 Å². The first-order valence-corrected chi connectivity index (χ1v) is 14.2. The molecule has 0 saturated heterocycles. The van der Waals surface area contributed by atoms with E-state index >= 15 is 0 Å². The summed E-state index contributed by atoms with van der Waals surface area (Å²) in [5, 5.41) is 12.1. The van der Waals surface area contributed by atoms with E-state index in [9.17, 15) is 4.79 Å². The molecule has 1 amide bonds. The molecule has 6 nitrogen and oxygen atoms in total. The van der Waals surface area contributed by atoms with E-state index < -0.39 is 11.6 Å². The minimum absolute atomic E-state index is 0.0836. The van der Waals surface area contributed by atoms with Crippen molar-refractivity contribution in [1.82, 2.24) is 5.32 Å². The van der Waals surface area contributed by atoms with Gasteiger partial charge in [-0.3, -0.25) is 4.79 Å². The highest BCUT2D eigenvalue weighted by Gasteiger charge is 2.52. The maximum atomic E-state index is 14.0. The van der Waals surface area contributed by atoms with Gasteiger partial charge in [0.1, 0.15) is 5.75 Å². The van der Waals surface area contributed by atoms with Gasteiger partial charge in [0.25, 0.3) is 5.91 Å². The molecule has 0 spiro atoms. The number of ether oxygens (including phenoxy) is 2. The molecular weight excluding hydrogens is 556 g/mol. The van der Waals surface area contributed by atoms with E-state index in [1.165, 1.54) is 0 Å². The summed E-state index contributed by atoms with van der Waals surface area (Å²) in [6.45, 7) is 3.19. The smallest absolute Gasteiger partial charge is 0.252 e. The molecule has 39 heavy (non-hydrogen) atoms. The second kappa shape index (κ2) is 14.1. The molecule has 204 valence electrons. The number of carbonyl (C=O) groups excluding carboxylic acids is 1. The van der Waals surface area contributed by atoms with Crippen LogP contribution < -0.4 is 10.1 Å². The van der Waals surface area contributed by atoms with Crippen LogP contribution >= 0.6 is 15.9 Å². The Balaban J connectivity index is 1.73. The molecule has 0 unspecified atom stereocenters. The zero-order valence-corrected chi connectivity index (χ0v) is 23.8. The summed E-state index contributed by atoms with van der Waals surface area (Å²) in [5.41, 5.74) is 1.47. The van der Waals surface area contributed by atoms with Crippen molar-refractivity contribution in [2.45, 2.75) is 44.2 Å². The fourth-order valence-electron chi connectivity index (χ4n) is 4.45. The van der Waals surface area contributed by atoms with Crippen molar-refractivity contribution in [3.8, 4) is 5.75 Å². The highest BCUT2D eigenvalue weighted by atomic mass is 79.9. The second-order valence-corrected chi connectivity index (χ2v) is 10.3. The highest BCUT2D eigenvalue weighted by Crippen LogP contribution is 2.45. The maximum Gasteiger partial charge on any atom is 0.252 e. The molecule has 0 radical (unpaired) electrons. The summed E-state index contributed by atoms with van der Waals surface area (Å²) in [7, 11) is 0. The van der Waals surface area contributed by atoms with E-state index in [-0.39, 0.29) is 12.5 Å². The fourth-order valence-corrected chi connectivity index (χ4v) is 4.94. The molecule has 1 aliphatic rings. The van der Waals surface area contributed by atoms with E-state index in [0.717, 1.165) is 34.0 Å². The number of aliphatic hydroxyl groups excluding tert-OH is 1. The Morgan fingerprint density at radius 1 is 1.08 bits per heavy atom. The van der Waals surface area contributed by atoms with E-state index in [1.807, 2.05) is 91.0 Å². The Hall–Kier alpha value is -3.42. The number of hydrogen-bond donors (Lipinski definition) is 2. The number of hydrogen-bond acceptors (Lipinski definition) is 5. The lowest BCUT2D eigenvalue weighted by Gasteiger charge is -2.30. The van der Waals surface area contributed by atoms with Crippen LogP contribution in [0.3, 0.4) is 0 Å². The first-order chi connectivity index (χ1) is 19.1. The molecule has 7 heteroatoms. The largest absolute Gasteiger partial charge is 0.494 e. The van der Waals surface area contributed by atoms with Gasteiger partial charge < -0.3 is 19.9 Å². The third-order valence-corrected chi connectivity index (χ3v) is 7.29. The van der Waals surface area contributed by atoms with Crippen molar-refractivity contribution >= 4 is 33.8 Å². The quantitative estimate of drug-likeness (QED) is 0.223. The number of rotatable bonds is 13. The third kappa shape index (κ3) is 7.16. The van der Waals surface area contributed by atoms with Crippen molar-refractivity contribution in [3.63, 3.8) is 0 Å². The van der Waals surface area contributed by atoms with Gasteiger partial charge in [0.15, 0.2) is 11.6 Å². The number of nitrogens with one attached hydrogen (secondary N) is 1. The van der Waals surface area contributed by atoms with Crippen LogP contribution in [0.4, 0.5) is 0 Å². The van der Waals surface area contributed by atoms with Crippen molar-refractivity contribution in [1.29, 1.82) is 0 Å². The monoisotopic (exact) mass is 590 g/mol. The van der Waals surface area contributed by atoms with Gasteiger partial charge in [0.2, 0.25) is 5.90 Å². The molecule has 4 rings (SSSR count).